The Labute approximate surface area is 120 Å². The summed E-state index contributed by atoms with van der Waals surface area (Å²) >= 11 is 1.73. The van der Waals surface area contributed by atoms with Gasteiger partial charge in [-0.05, 0) is 50.0 Å². The zero-order valence-electron chi connectivity index (χ0n) is 12.5. The predicted molar refractivity (Wildman–Crippen MR) is 79.4 cm³/mol. The van der Waals surface area contributed by atoms with Crippen molar-refractivity contribution < 1.29 is 0 Å². The van der Waals surface area contributed by atoms with Crippen molar-refractivity contribution in [3.8, 4) is 0 Å². The van der Waals surface area contributed by atoms with Crippen molar-refractivity contribution in [3.05, 3.63) is 0 Å². The van der Waals surface area contributed by atoms with Crippen molar-refractivity contribution in [1.29, 1.82) is 0 Å². The second-order valence-electron chi connectivity index (χ2n) is 5.29. The molecule has 1 aromatic heterocycles. The van der Waals surface area contributed by atoms with E-state index in [1.165, 1.54) is 0 Å². The second kappa shape index (κ2) is 9.28. The summed E-state index contributed by atoms with van der Waals surface area (Å²) in [6.45, 7) is 8.29. The van der Waals surface area contributed by atoms with Gasteiger partial charge in [0.2, 0.25) is 5.16 Å². The average molecular weight is 286 g/mol. The maximum absolute atomic E-state index is 4.07. The standard InChI is InChI=1S/C12H26N6S/c1-11(2)10-13-6-8-18-12(14-15-16-18)19-9-5-7-17(3)4/h11,13H,5-10H2,1-4H3. The molecule has 0 atom stereocenters. The van der Waals surface area contributed by atoms with Crippen LogP contribution in [0.3, 0.4) is 0 Å². The van der Waals surface area contributed by atoms with E-state index in [1.807, 2.05) is 4.68 Å². The first-order valence-electron chi connectivity index (χ1n) is 6.84. The van der Waals surface area contributed by atoms with Gasteiger partial charge in [0.15, 0.2) is 0 Å². The molecule has 0 aromatic carbocycles. The van der Waals surface area contributed by atoms with Crippen LogP contribution in [0.4, 0.5) is 0 Å². The largest absolute Gasteiger partial charge is 0.315 e. The molecule has 0 fully saturated rings. The van der Waals surface area contributed by atoms with E-state index in [0.717, 1.165) is 43.5 Å². The Morgan fingerprint density at radius 3 is 2.84 bits per heavy atom. The number of nitrogens with one attached hydrogen (secondary N) is 1. The first kappa shape index (κ1) is 16.4. The summed E-state index contributed by atoms with van der Waals surface area (Å²) in [5.74, 6) is 1.73. The van der Waals surface area contributed by atoms with Crippen molar-refractivity contribution in [3.63, 3.8) is 0 Å². The summed E-state index contributed by atoms with van der Waals surface area (Å²) in [7, 11) is 4.18. The van der Waals surface area contributed by atoms with Crippen molar-refractivity contribution >= 4 is 11.8 Å². The van der Waals surface area contributed by atoms with E-state index >= 15 is 0 Å². The van der Waals surface area contributed by atoms with E-state index in [0.29, 0.717) is 5.92 Å². The van der Waals surface area contributed by atoms with Crippen molar-refractivity contribution in [2.75, 3.05) is 39.5 Å². The highest BCUT2D eigenvalue weighted by Crippen LogP contribution is 2.14. The van der Waals surface area contributed by atoms with Crippen LogP contribution in [-0.4, -0.2) is 64.6 Å². The zero-order chi connectivity index (χ0) is 14.1. The molecule has 110 valence electrons. The molecule has 0 radical (unpaired) electrons. The number of rotatable bonds is 10. The minimum Gasteiger partial charge on any atom is -0.315 e. The Hall–Kier alpha value is -0.660. The molecule has 0 saturated heterocycles. The Morgan fingerprint density at radius 2 is 2.16 bits per heavy atom. The van der Waals surface area contributed by atoms with Crippen LogP contribution in [0.25, 0.3) is 0 Å². The molecule has 0 aliphatic rings. The molecule has 0 saturated carbocycles. The molecule has 19 heavy (non-hydrogen) atoms. The quantitative estimate of drug-likeness (QED) is 0.511. The fourth-order valence-corrected chi connectivity index (χ4v) is 2.39. The van der Waals surface area contributed by atoms with Gasteiger partial charge in [0.05, 0.1) is 6.54 Å². The molecule has 0 unspecified atom stereocenters. The van der Waals surface area contributed by atoms with Crippen LogP contribution in [0.2, 0.25) is 0 Å². The van der Waals surface area contributed by atoms with Crippen molar-refractivity contribution in [2.45, 2.75) is 32.0 Å². The van der Waals surface area contributed by atoms with E-state index in [-0.39, 0.29) is 0 Å². The van der Waals surface area contributed by atoms with E-state index in [2.05, 4.69) is 53.7 Å². The Balaban J connectivity index is 2.22. The van der Waals surface area contributed by atoms with Gasteiger partial charge in [-0.15, -0.1) is 5.10 Å². The average Bonchev–Trinajstić information content (AvgIpc) is 2.77. The van der Waals surface area contributed by atoms with E-state index < -0.39 is 0 Å². The summed E-state index contributed by atoms with van der Waals surface area (Å²) in [6, 6.07) is 0. The Bertz CT molecular complexity index is 308. The summed E-state index contributed by atoms with van der Waals surface area (Å²) in [5, 5.41) is 16.2. The summed E-state index contributed by atoms with van der Waals surface area (Å²) in [5.41, 5.74) is 0. The minimum atomic E-state index is 0.675. The smallest absolute Gasteiger partial charge is 0.209 e. The third-order valence-corrected chi connectivity index (χ3v) is 3.58. The highest BCUT2D eigenvalue weighted by molar-refractivity contribution is 7.99. The SMILES string of the molecule is CC(C)CNCCn1nnnc1SCCCN(C)C. The van der Waals surface area contributed by atoms with Gasteiger partial charge in [0, 0.05) is 12.3 Å². The molecule has 7 heteroatoms. The van der Waals surface area contributed by atoms with Crippen LogP contribution in [0.1, 0.15) is 20.3 Å². The minimum absolute atomic E-state index is 0.675. The van der Waals surface area contributed by atoms with Gasteiger partial charge in [0.25, 0.3) is 0 Å². The highest BCUT2D eigenvalue weighted by atomic mass is 32.2. The van der Waals surface area contributed by atoms with Crippen LogP contribution in [0, 0.1) is 5.92 Å². The van der Waals surface area contributed by atoms with Crippen LogP contribution in [0.5, 0.6) is 0 Å². The van der Waals surface area contributed by atoms with E-state index in [9.17, 15) is 0 Å². The van der Waals surface area contributed by atoms with Crippen LogP contribution >= 0.6 is 11.8 Å². The molecule has 1 aromatic rings. The summed E-state index contributed by atoms with van der Waals surface area (Å²) in [6.07, 6.45) is 1.15. The lowest BCUT2D eigenvalue weighted by atomic mass is 10.2. The molecule has 0 amide bonds. The molecular weight excluding hydrogens is 260 g/mol. The molecule has 1 rings (SSSR count). The monoisotopic (exact) mass is 286 g/mol. The zero-order valence-corrected chi connectivity index (χ0v) is 13.3. The lowest BCUT2D eigenvalue weighted by Crippen LogP contribution is -2.24. The van der Waals surface area contributed by atoms with Gasteiger partial charge >= 0.3 is 0 Å². The first-order valence-corrected chi connectivity index (χ1v) is 7.82. The molecule has 6 nitrogen and oxygen atoms in total. The number of thioether (sulfide) groups is 1. The van der Waals surface area contributed by atoms with Crippen molar-refractivity contribution in [1.82, 2.24) is 30.4 Å². The lowest BCUT2D eigenvalue weighted by molar-refractivity contribution is 0.410. The van der Waals surface area contributed by atoms with Gasteiger partial charge in [-0.25, -0.2) is 4.68 Å². The maximum atomic E-state index is 4.07. The predicted octanol–water partition coefficient (Wildman–Crippen LogP) is 0.962. The van der Waals surface area contributed by atoms with Crippen LogP contribution in [0.15, 0.2) is 5.16 Å². The van der Waals surface area contributed by atoms with Gasteiger partial charge in [0.1, 0.15) is 0 Å². The molecule has 0 spiro atoms. The topological polar surface area (TPSA) is 58.9 Å². The third kappa shape index (κ3) is 7.49. The third-order valence-electron chi connectivity index (χ3n) is 2.53. The highest BCUT2D eigenvalue weighted by Gasteiger charge is 2.06. The molecule has 0 aliphatic carbocycles. The summed E-state index contributed by atoms with van der Waals surface area (Å²) < 4.78 is 1.88. The van der Waals surface area contributed by atoms with Crippen LogP contribution < -0.4 is 5.32 Å². The van der Waals surface area contributed by atoms with Gasteiger partial charge in [-0.3, -0.25) is 0 Å². The number of tetrazole rings is 1. The van der Waals surface area contributed by atoms with Gasteiger partial charge in [-0.2, -0.15) is 0 Å². The van der Waals surface area contributed by atoms with E-state index in [4.69, 9.17) is 0 Å². The lowest BCUT2D eigenvalue weighted by Gasteiger charge is -2.09. The number of hydrogen-bond acceptors (Lipinski definition) is 6. The van der Waals surface area contributed by atoms with Crippen LogP contribution in [-0.2, 0) is 6.54 Å². The molecular formula is C12H26N6S. The molecule has 1 heterocycles. The molecule has 1 N–H and O–H groups in total. The Morgan fingerprint density at radius 1 is 1.37 bits per heavy atom. The van der Waals surface area contributed by atoms with Gasteiger partial charge < -0.3 is 10.2 Å². The van der Waals surface area contributed by atoms with E-state index in [1.54, 1.807) is 11.8 Å². The first-order chi connectivity index (χ1) is 9.09. The molecule has 0 aliphatic heterocycles. The maximum Gasteiger partial charge on any atom is 0.209 e. The fraction of sp³-hybridized carbons (Fsp3) is 0.917. The summed E-state index contributed by atoms with van der Waals surface area (Å²) in [4.78, 5) is 2.19. The normalized spacial score (nSPS) is 11.7. The van der Waals surface area contributed by atoms with Gasteiger partial charge in [-0.1, -0.05) is 25.6 Å². The molecule has 0 bridgehead atoms. The second-order valence-corrected chi connectivity index (χ2v) is 6.35. The van der Waals surface area contributed by atoms with Crippen molar-refractivity contribution in [2.24, 2.45) is 5.92 Å². The number of nitrogens with zero attached hydrogens (tertiary/aromatic N) is 5. The number of hydrogen-bond donors (Lipinski definition) is 1. The Kier molecular flexibility index (Phi) is 8.00. The fourth-order valence-electron chi connectivity index (χ4n) is 1.56. The number of aromatic nitrogens is 4.